The highest BCUT2D eigenvalue weighted by molar-refractivity contribution is 6.20. The Balaban J connectivity index is 1.49. The molecule has 0 amide bonds. The van der Waals surface area contributed by atoms with Crippen LogP contribution in [0.4, 0.5) is 0 Å². The summed E-state index contributed by atoms with van der Waals surface area (Å²) in [6.45, 7) is 0.131. The minimum absolute atomic E-state index is 0.0803. The van der Waals surface area contributed by atoms with E-state index in [0.717, 1.165) is 24.2 Å². The molecule has 1 N–H and O–H groups in total. The molecule has 202 valence electrons. The van der Waals surface area contributed by atoms with Gasteiger partial charge in [-0.05, 0) is 90.8 Å². The second kappa shape index (κ2) is 10.3. The van der Waals surface area contributed by atoms with Gasteiger partial charge in [-0.25, -0.2) is 4.79 Å². The molecular weight excluding hydrogens is 496 g/mol. The molecule has 3 aliphatic rings. The number of aliphatic hydroxyl groups is 1. The topological polar surface area (TPSA) is 83.5 Å². The van der Waals surface area contributed by atoms with Crippen molar-refractivity contribution in [2.24, 2.45) is 5.92 Å². The molecule has 0 bridgehead atoms. The van der Waals surface area contributed by atoms with E-state index in [9.17, 15) is 9.90 Å². The fraction of sp³-hybridized carbons (Fsp3) is 0.344. The summed E-state index contributed by atoms with van der Waals surface area (Å²) in [5, 5.41) is 12.2. The maximum absolute atomic E-state index is 13.6. The van der Waals surface area contributed by atoms with Crippen molar-refractivity contribution < 1.29 is 33.6 Å². The molecule has 2 aliphatic heterocycles. The molecule has 39 heavy (non-hydrogen) atoms. The molecule has 3 aromatic carbocycles. The van der Waals surface area contributed by atoms with Gasteiger partial charge in [0, 0.05) is 11.1 Å². The van der Waals surface area contributed by atoms with Gasteiger partial charge in [0.25, 0.3) is 5.79 Å². The molecule has 7 nitrogen and oxygen atoms in total. The first-order valence-electron chi connectivity index (χ1n) is 13.4. The predicted octanol–water partition coefficient (Wildman–Crippen LogP) is 5.95. The highest BCUT2D eigenvalue weighted by Crippen LogP contribution is 2.51. The zero-order valence-electron chi connectivity index (χ0n) is 22.1. The third-order valence-corrected chi connectivity index (χ3v) is 8.23. The summed E-state index contributed by atoms with van der Waals surface area (Å²) in [6.07, 6.45) is 4.99. The van der Waals surface area contributed by atoms with Crippen molar-refractivity contribution in [3.8, 4) is 23.0 Å². The minimum Gasteiger partial charge on any atom is -0.497 e. The summed E-state index contributed by atoms with van der Waals surface area (Å²) in [5.41, 5.74) is 3.16. The van der Waals surface area contributed by atoms with Gasteiger partial charge < -0.3 is 28.8 Å². The zero-order chi connectivity index (χ0) is 27.0. The summed E-state index contributed by atoms with van der Waals surface area (Å²) in [7, 11) is 3.24. The molecule has 1 aliphatic carbocycles. The second-order valence-corrected chi connectivity index (χ2v) is 10.3. The van der Waals surface area contributed by atoms with Crippen molar-refractivity contribution >= 4 is 11.5 Å². The predicted molar refractivity (Wildman–Crippen MR) is 145 cm³/mol. The Hall–Kier alpha value is -3.97. The molecule has 1 fully saturated rings. The Morgan fingerprint density at radius 3 is 2.21 bits per heavy atom. The zero-order valence-corrected chi connectivity index (χ0v) is 22.1. The van der Waals surface area contributed by atoms with E-state index in [2.05, 4.69) is 12.1 Å². The first-order valence-corrected chi connectivity index (χ1v) is 13.4. The minimum atomic E-state index is -1.92. The van der Waals surface area contributed by atoms with E-state index in [1.54, 1.807) is 50.6 Å². The molecule has 3 aromatic rings. The monoisotopic (exact) mass is 528 g/mol. The second-order valence-electron chi connectivity index (χ2n) is 10.3. The van der Waals surface area contributed by atoms with Gasteiger partial charge in [-0.15, -0.1) is 0 Å². The van der Waals surface area contributed by atoms with Crippen LogP contribution in [-0.4, -0.2) is 32.1 Å². The third-order valence-electron chi connectivity index (χ3n) is 8.23. The molecule has 0 radical (unpaired) electrons. The van der Waals surface area contributed by atoms with E-state index >= 15 is 0 Å². The average molecular weight is 529 g/mol. The Kier molecular flexibility index (Phi) is 6.69. The van der Waals surface area contributed by atoms with Gasteiger partial charge in [-0.3, -0.25) is 0 Å². The number of fused-ring (bicyclic) bond motifs is 1. The van der Waals surface area contributed by atoms with Crippen LogP contribution in [0.3, 0.4) is 0 Å². The van der Waals surface area contributed by atoms with E-state index in [4.69, 9.17) is 23.7 Å². The summed E-state index contributed by atoms with van der Waals surface area (Å²) in [5.74, 6) is 0.639. The Bertz CT molecular complexity index is 1390. The van der Waals surface area contributed by atoms with Crippen LogP contribution >= 0.6 is 0 Å². The molecule has 7 heteroatoms. The number of cyclic esters (lactones) is 1. The van der Waals surface area contributed by atoms with Crippen molar-refractivity contribution in [2.45, 2.75) is 43.8 Å². The van der Waals surface area contributed by atoms with Crippen molar-refractivity contribution in [2.75, 3.05) is 21.0 Å². The standard InChI is InChI=1S/C32H32O7/c1-35-24-12-7-21(8-13-24)26(20-5-3-4-6-20)18-27-30(22-9-16-28-29(17-22)38-19-37-28)31(33)39-32(27,34)23-10-14-25(36-2)15-11-23/h7-17,20,26,34H,3-6,18-19H2,1-2H3. The Labute approximate surface area is 227 Å². The molecule has 2 unspecified atom stereocenters. The fourth-order valence-electron chi connectivity index (χ4n) is 6.16. The van der Waals surface area contributed by atoms with Gasteiger partial charge in [-0.2, -0.15) is 0 Å². The van der Waals surface area contributed by atoms with Crippen molar-refractivity contribution in [3.05, 3.63) is 89.0 Å². The number of benzene rings is 3. The SMILES string of the molecule is COc1ccc(C(CC2=C(c3ccc4c(c3)OCO4)C(=O)OC2(O)c2ccc(OC)cc2)C2CCCC2)cc1. The fourth-order valence-corrected chi connectivity index (χ4v) is 6.16. The maximum Gasteiger partial charge on any atom is 0.341 e. The molecule has 0 aromatic heterocycles. The lowest BCUT2D eigenvalue weighted by molar-refractivity contribution is -0.185. The molecule has 2 atom stereocenters. The van der Waals surface area contributed by atoms with Crippen LogP contribution < -0.4 is 18.9 Å². The smallest absolute Gasteiger partial charge is 0.341 e. The van der Waals surface area contributed by atoms with Gasteiger partial charge in [0.2, 0.25) is 6.79 Å². The average Bonchev–Trinajstić information content (AvgIpc) is 3.72. The lowest BCUT2D eigenvalue weighted by atomic mass is 9.77. The molecule has 6 rings (SSSR count). The summed E-state index contributed by atoms with van der Waals surface area (Å²) < 4.78 is 27.7. The summed E-state index contributed by atoms with van der Waals surface area (Å²) in [6, 6.07) is 20.5. The van der Waals surface area contributed by atoms with Crippen molar-refractivity contribution in [1.29, 1.82) is 0 Å². The number of esters is 1. The van der Waals surface area contributed by atoms with Crippen molar-refractivity contribution in [3.63, 3.8) is 0 Å². The number of methoxy groups -OCH3 is 2. The lowest BCUT2D eigenvalue weighted by Crippen LogP contribution is -2.30. The van der Waals surface area contributed by atoms with Crippen molar-refractivity contribution in [1.82, 2.24) is 0 Å². The Morgan fingerprint density at radius 2 is 1.54 bits per heavy atom. The van der Waals surface area contributed by atoms with E-state index in [-0.39, 0.29) is 12.7 Å². The number of hydrogen-bond acceptors (Lipinski definition) is 7. The molecule has 1 saturated carbocycles. The summed E-state index contributed by atoms with van der Waals surface area (Å²) >= 11 is 0. The van der Waals surface area contributed by atoms with Crippen LogP contribution in [0.1, 0.15) is 54.7 Å². The molecule has 2 heterocycles. The van der Waals surface area contributed by atoms with Crippen LogP contribution in [0.25, 0.3) is 5.57 Å². The maximum atomic E-state index is 13.6. The van der Waals surface area contributed by atoms with Gasteiger partial charge in [0.1, 0.15) is 11.5 Å². The van der Waals surface area contributed by atoms with Crippen LogP contribution in [0.15, 0.2) is 72.3 Å². The number of rotatable bonds is 8. The molecule has 0 spiro atoms. The van der Waals surface area contributed by atoms with E-state index < -0.39 is 11.8 Å². The quantitative estimate of drug-likeness (QED) is 0.362. The molecule has 0 saturated heterocycles. The lowest BCUT2D eigenvalue weighted by Gasteiger charge is -2.31. The first kappa shape index (κ1) is 25.3. The first-order chi connectivity index (χ1) is 19.0. The van der Waals surface area contributed by atoms with Crippen LogP contribution in [0, 0.1) is 5.92 Å². The van der Waals surface area contributed by atoms with Gasteiger partial charge in [0.05, 0.1) is 19.8 Å². The largest absolute Gasteiger partial charge is 0.497 e. The highest BCUT2D eigenvalue weighted by Gasteiger charge is 2.49. The van der Waals surface area contributed by atoms with Crippen LogP contribution in [0.5, 0.6) is 23.0 Å². The van der Waals surface area contributed by atoms with Gasteiger partial charge in [-0.1, -0.05) is 31.0 Å². The number of carbonyl (C=O) groups is 1. The normalized spacial score (nSPS) is 21.3. The van der Waals surface area contributed by atoms with Crippen LogP contribution in [0.2, 0.25) is 0 Å². The van der Waals surface area contributed by atoms with E-state index in [1.807, 2.05) is 18.2 Å². The number of ether oxygens (including phenoxy) is 5. The highest BCUT2D eigenvalue weighted by atomic mass is 16.7. The summed E-state index contributed by atoms with van der Waals surface area (Å²) in [4.78, 5) is 13.6. The molecular formula is C32H32O7. The Morgan fingerprint density at radius 1 is 0.897 bits per heavy atom. The van der Waals surface area contributed by atoms with Gasteiger partial charge >= 0.3 is 5.97 Å². The third kappa shape index (κ3) is 4.61. The van der Waals surface area contributed by atoms with E-state index in [0.29, 0.717) is 51.9 Å². The van der Waals surface area contributed by atoms with Crippen LogP contribution in [-0.2, 0) is 15.3 Å². The van der Waals surface area contributed by atoms with E-state index in [1.165, 1.54) is 12.8 Å². The van der Waals surface area contributed by atoms with Gasteiger partial charge in [0.15, 0.2) is 11.5 Å². The number of carbonyl (C=O) groups excluding carboxylic acids is 1. The number of hydrogen-bond donors (Lipinski definition) is 1.